The van der Waals surface area contributed by atoms with Crippen LogP contribution >= 0.6 is 37.2 Å². The van der Waals surface area contributed by atoms with Gasteiger partial charge in [-0.25, -0.2) is 0 Å². The predicted octanol–water partition coefficient (Wildman–Crippen LogP) is 0.933. The van der Waals surface area contributed by atoms with E-state index in [4.69, 9.17) is 0 Å². The van der Waals surface area contributed by atoms with E-state index < -0.39 is 0 Å². The Hall–Kier alpha value is 1.51. The summed E-state index contributed by atoms with van der Waals surface area (Å²) in [6, 6.07) is 0. The first kappa shape index (κ1) is 31.4. The van der Waals surface area contributed by atoms with Crippen molar-refractivity contribution in [2.45, 2.75) is 5.48 Å². The van der Waals surface area contributed by atoms with Crippen LogP contribution in [0.25, 0.3) is 0 Å². The van der Waals surface area contributed by atoms with Gasteiger partial charge >= 0.3 is 24.1 Å². The Bertz CT molecular complexity index is 6.85. The van der Waals surface area contributed by atoms with Crippen molar-refractivity contribution < 1.29 is 0 Å². The third kappa shape index (κ3) is 29.8. The molecule has 5 heavy (non-hydrogen) atoms. The van der Waals surface area contributed by atoms with Crippen molar-refractivity contribution in [2.24, 2.45) is 0 Å². The van der Waals surface area contributed by atoms with Gasteiger partial charge in [0.1, 0.15) is 0 Å². The van der Waals surface area contributed by atoms with Gasteiger partial charge in [-0.05, 0) is 0 Å². The molecule has 0 bridgehead atoms. The summed E-state index contributed by atoms with van der Waals surface area (Å²) in [4.78, 5) is 0. The van der Waals surface area contributed by atoms with Crippen LogP contribution in [0.1, 0.15) is 0 Å². The number of rotatable bonds is 0. The van der Waals surface area contributed by atoms with E-state index in [2.05, 4.69) is 5.48 Å². The summed E-state index contributed by atoms with van der Waals surface area (Å²) in [7, 11) is 0. The van der Waals surface area contributed by atoms with E-state index in [1.807, 2.05) is 0 Å². The molecule has 0 rings (SSSR count). The molecule has 4 heteroatoms. The van der Waals surface area contributed by atoms with Crippen molar-refractivity contribution >= 4 is 55.8 Å². The van der Waals surface area contributed by atoms with Gasteiger partial charge in [0, 0.05) is 0 Å². The molecular weight excluding hydrogens is 188 g/mol. The average Bonchev–Trinajstić information content (AvgIpc) is 1.00. The van der Waals surface area contributed by atoms with Crippen LogP contribution in [-0.4, -0.2) is 18.6 Å². The van der Waals surface area contributed by atoms with E-state index in [9.17, 15) is 0 Å². The maximum atomic E-state index is 2.19. The molecule has 0 aromatic rings. The average molecular weight is 196 g/mol. The molecule has 0 nitrogen and oxygen atoms in total. The second-order valence-corrected chi connectivity index (χ2v) is 0. The van der Waals surface area contributed by atoms with Crippen LogP contribution in [0.3, 0.4) is 0 Å². The van der Waals surface area contributed by atoms with Gasteiger partial charge in [-0.15, -0.1) is 37.2 Å². The molecule has 0 saturated carbocycles. The van der Waals surface area contributed by atoms with Crippen LogP contribution in [0.5, 0.6) is 0 Å². The van der Waals surface area contributed by atoms with Crippen molar-refractivity contribution in [3.63, 3.8) is 0 Å². The van der Waals surface area contributed by atoms with Crippen molar-refractivity contribution in [1.82, 2.24) is 0 Å². The monoisotopic (exact) mass is 194 g/mol. The Morgan fingerprint density at radius 1 is 0.800 bits per heavy atom. The fourth-order valence-corrected chi connectivity index (χ4v) is 0. The molecule has 36 valence electrons. The van der Waals surface area contributed by atoms with Crippen LogP contribution in [-0.2, 0) is 0 Å². The molecule has 0 heterocycles. The van der Waals surface area contributed by atoms with Gasteiger partial charge in [0.2, 0.25) is 0 Å². The van der Waals surface area contributed by atoms with Gasteiger partial charge in [0.15, 0.2) is 0 Å². The molecule has 0 aliphatic heterocycles. The van der Waals surface area contributed by atoms with Crippen LogP contribution < -0.4 is 0 Å². The van der Waals surface area contributed by atoms with Gasteiger partial charge in [-0.3, -0.25) is 0 Å². The third-order valence-corrected chi connectivity index (χ3v) is 0. The van der Waals surface area contributed by atoms with Crippen molar-refractivity contribution in [1.29, 1.82) is 0 Å². The quantitative estimate of drug-likeness (QED) is 0.506. The molecular formula is CH8Cl3Ga. The standard InChI is InChI=1S/CH3.3ClH.Ga.2H/h1H3;3*1H;;;. The van der Waals surface area contributed by atoms with Crippen LogP contribution in [0.2, 0.25) is 5.48 Å². The molecule has 0 N–H and O–H groups in total. The van der Waals surface area contributed by atoms with Crippen molar-refractivity contribution in [3.8, 4) is 0 Å². The number of halogens is 3. The van der Waals surface area contributed by atoms with E-state index in [1.165, 1.54) is 0 Å². The second kappa shape index (κ2) is 49.3. The van der Waals surface area contributed by atoms with Crippen LogP contribution in [0.4, 0.5) is 0 Å². The predicted molar refractivity (Wildman–Crippen MR) is 36.2 cm³/mol. The van der Waals surface area contributed by atoms with Gasteiger partial charge < -0.3 is 0 Å². The molecule has 0 saturated heterocycles. The molecule has 0 atom stereocenters. The minimum atomic E-state index is 0. The first-order valence-corrected chi connectivity index (χ1v) is 5.20. The van der Waals surface area contributed by atoms with Crippen LogP contribution in [0, 0.1) is 0 Å². The van der Waals surface area contributed by atoms with E-state index in [1.54, 1.807) is 0 Å². The molecule has 0 spiro atoms. The molecule has 0 unspecified atom stereocenters. The van der Waals surface area contributed by atoms with Crippen molar-refractivity contribution in [2.75, 3.05) is 0 Å². The Morgan fingerprint density at radius 2 is 0.800 bits per heavy atom. The van der Waals surface area contributed by atoms with Crippen molar-refractivity contribution in [3.05, 3.63) is 0 Å². The summed E-state index contributed by atoms with van der Waals surface area (Å²) in [5.74, 6) is 0. The molecule has 0 amide bonds. The molecule has 0 aromatic carbocycles. The molecule has 0 radical (unpaired) electrons. The summed E-state index contributed by atoms with van der Waals surface area (Å²) in [6.07, 6.45) is 0. The first-order valence-electron chi connectivity index (χ1n) is 1.00. The summed E-state index contributed by atoms with van der Waals surface area (Å²) >= 11 is 1.06. The zero-order chi connectivity index (χ0) is 2.00. The number of hydrogen-bond donors (Lipinski definition) is 0. The summed E-state index contributed by atoms with van der Waals surface area (Å²) in [6.45, 7) is 0. The van der Waals surface area contributed by atoms with Crippen LogP contribution in [0.15, 0.2) is 0 Å². The Labute approximate surface area is 61.2 Å². The fraction of sp³-hybridized carbons (Fsp3) is 1.00. The van der Waals surface area contributed by atoms with E-state index in [0.29, 0.717) is 0 Å². The van der Waals surface area contributed by atoms with E-state index in [0.717, 1.165) is 18.6 Å². The van der Waals surface area contributed by atoms with Gasteiger partial charge in [-0.1, -0.05) is 0 Å². The van der Waals surface area contributed by atoms with E-state index >= 15 is 0 Å². The summed E-state index contributed by atoms with van der Waals surface area (Å²) < 4.78 is 0. The first-order chi connectivity index (χ1) is 1.00. The molecule has 0 aliphatic carbocycles. The number of hydrogen-bond acceptors (Lipinski definition) is 0. The third-order valence-electron chi connectivity index (χ3n) is 0. The fourth-order valence-electron chi connectivity index (χ4n) is 0. The SMILES string of the molecule is Cl.Cl.Cl.[CH3][GaH2]. The molecule has 0 aliphatic rings. The topological polar surface area (TPSA) is 0 Å². The summed E-state index contributed by atoms with van der Waals surface area (Å²) in [5, 5.41) is 0. The molecule has 0 fully saturated rings. The van der Waals surface area contributed by atoms with Gasteiger partial charge in [0.05, 0.1) is 0 Å². The Balaban J connectivity index is -0.00000000167. The Morgan fingerprint density at radius 3 is 0.800 bits per heavy atom. The Kier molecular flexibility index (Phi) is 310. The van der Waals surface area contributed by atoms with Gasteiger partial charge in [-0.2, -0.15) is 0 Å². The second-order valence-electron chi connectivity index (χ2n) is 0. The molecule has 0 aromatic heterocycles. The van der Waals surface area contributed by atoms with E-state index in [-0.39, 0.29) is 37.2 Å². The maximum absolute atomic E-state index is 2.19. The zero-order valence-corrected chi connectivity index (χ0v) is 9.87. The zero-order valence-electron chi connectivity index (χ0n) is 3.22. The summed E-state index contributed by atoms with van der Waals surface area (Å²) in [5.41, 5.74) is 2.19. The minimum absolute atomic E-state index is 0. The van der Waals surface area contributed by atoms with Gasteiger partial charge in [0.25, 0.3) is 0 Å². The normalized spacial score (nSPS) is 1.00.